The van der Waals surface area contributed by atoms with Crippen LogP contribution in [0.3, 0.4) is 0 Å². The van der Waals surface area contributed by atoms with E-state index in [9.17, 15) is 4.79 Å². The molecule has 0 unspecified atom stereocenters. The van der Waals surface area contributed by atoms with E-state index in [2.05, 4.69) is 15.3 Å². The molecule has 0 aromatic carbocycles. The minimum atomic E-state index is -0.322. The van der Waals surface area contributed by atoms with E-state index in [0.717, 1.165) is 0 Å². The first-order valence-electron chi connectivity index (χ1n) is 4.60. The Morgan fingerprint density at radius 2 is 1.94 bits per heavy atom. The van der Waals surface area contributed by atoms with Crippen molar-refractivity contribution in [2.45, 2.75) is 0 Å². The van der Waals surface area contributed by atoms with E-state index < -0.39 is 0 Å². The van der Waals surface area contributed by atoms with E-state index in [1.165, 1.54) is 6.20 Å². The summed E-state index contributed by atoms with van der Waals surface area (Å²) in [7, 11) is 0. The van der Waals surface area contributed by atoms with E-state index in [1.54, 1.807) is 36.5 Å². The van der Waals surface area contributed by atoms with Gasteiger partial charge in [-0.15, -0.1) is 0 Å². The highest BCUT2D eigenvalue weighted by atomic mass is 35.5. The second-order valence-corrected chi connectivity index (χ2v) is 3.37. The van der Waals surface area contributed by atoms with Gasteiger partial charge in [0.2, 0.25) is 0 Å². The number of aromatic nitrogens is 2. The van der Waals surface area contributed by atoms with E-state index in [1.807, 2.05) is 0 Å². The van der Waals surface area contributed by atoms with Crippen LogP contribution in [-0.4, -0.2) is 15.9 Å². The normalized spacial score (nSPS) is 9.81. The highest BCUT2D eigenvalue weighted by molar-refractivity contribution is 6.33. The standard InChI is InChI=1S/C11H8ClN3O/c12-10-8(4-3-7-14-10)11(16)15-9-5-1-2-6-13-9/h1-7H,(H,13,15,16). The second kappa shape index (κ2) is 4.72. The fraction of sp³-hybridized carbons (Fsp3) is 0. The molecule has 2 heterocycles. The molecule has 0 saturated carbocycles. The van der Waals surface area contributed by atoms with Gasteiger partial charge in [-0.2, -0.15) is 0 Å². The molecule has 0 aliphatic rings. The third kappa shape index (κ3) is 2.35. The summed E-state index contributed by atoms with van der Waals surface area (Å²) in [6.07, 6.45) is 3.13. The minimum Gasteiger partial charge on any atom is -0.306 e. The molecule has 2 aromatic heterocycles. The summed E-state index contributed by atoms with van der Waals surface area (Å²) in [4.78, 5) is 19.6. The van der Waals surface area contributed by atoms with E-state index in [4.69, 9.17) is 11.6 Å². The summed E-state index contributed by atoms with van der Waals surface area (Å²) >= 11 is 5.79. The van der Waals surface area contributed by atoms with Crippen LogP contribution in [0, 0.1) is 0 Å². The van der Waals surface area contributed by atoms with Crippen LogP contribution in [0.25, 0.3) is 0 Å². The summed E-state index contributed by atoms with van der Waals surface area (Å²) in [5.74, 6) is 0.157. The smallest absolute Gasteiger partial charge is 0.259 e. The van der Waals surface area contributed by atoms with Gasteiger partial charge in [-0.3, -0.25) is 4.79 Å². The molecular formula is C11H8ClN3O. The van der Waals surface area contributed by atoms with Gasteiger partial charge >= 0.3 is 0 Å². The van der Waals surface area contributed by atoms with Gasteiger partial charge in [0.1, 0.15) is 11.0 Å². The lowest BCUT2D eigenvalue weighted by molar-refractivity contribution is 0.102. The van der Waals surface area contributed by atoms with Crippen molar-refractivity contribution in [1.82, 2.24) is 9.97 Å². The lowest BCUT2D eigenvalue weighted by Gasteiger charge is -2.04. The van der Waals surface area contributed by atoms with Crippen molar-refractivity contribution in [2.75, 3.05) is 5.32 Å². The lowest BCUT2D eigenvalue weighted by Crippen LogP contribution is -2.13. The molecule has 0 aliphatic heterocycles. The van der Waals surface area contributed by atoms with Crippen LogP contribution in [0.1, 0.15) is 10.4 Å². The Labute approximate surface area is 97.3 Å². The molecule has 1 amide bonds. The van der Waals surface area contributed by atoms with Gasteiger partial charge in [-0.1, -0.05) is 17.7 Å². The Bertz CT molecular complexity index is 502. The zero-order valence-electron chi connectivity index (χ0n) is 8.22. The number of nitrogens with zero attached hydrogens (tertiary/aromatic N) is 2. The van der Waals surface area contributed by atoms with Crippen LogP contribution in [-0.2, 0) is 0 Å². The number of carbonyl (C=O) groups is 1. The third-order valence-corrected chi connectivity index (χ3v) is 2.21. The molecule has 2 rings (SSSR count). The monoisotopic (exact) mass is 233 g/mol. The molecule has 0 bridgehead atoms. The summed E-state index contributed by atoms with van der Waals surface area (Å²) in [6.45, 7) is 0. The molecule has 16 heavy (non-hydrogen) atoms. The molecule has 0 radical (unpaired) electrons. The van der Waals surface area contributed by atoms with Gasteiger partial charge in [0.05, 0.1) is 5.56 Å². The maximum absolute atomic E-state index is 11.8. The average molecular weight is 234 g/mol. The zero-order valence-corrected chi connectivity index (χ0v) is 8.98. The molecule has 0 aliphatic carbocycles. The van der Waals surface area contributed by atoms with E-state index >= 15 is 0 Å². The Kier molecular flexibility index (Phi) is 3.12. The molecule has 5 heteroatoms. The lowest BCUT2D eigenvalue weighted by atomic mass is 10.2. The summed E-state index contributed by atoms with van der Waals surface area (Å²) < 4.78 is 0. The van der Waals surface area contributed by atoms with Gasteiger partial charge in [0.15, 0.2) is 0 Å². The van der Waals surface area contributed by atoms with Crippen molar-refractivity contribution in [3.05, 3.63) is 53.4 Å². The minimum absolute atomic E-state index is 0.177. The van der Waals surface area contributed by atoms with Gasteiger partial charge < -0.3 is 5.32 Å². The number of pyridine rings is 2. The first-order valence-corrected chi connectivity index (χ1v) is 4.98. The predicted octanol–water partition coefficient (Wildman–Crippen LogP) is 2.38. The van der Waals surface area contributed by atoms with Crippen LogP contribution >= 0.6 is 11.6 Å². The van der Waals surface area contributed by atoms with Crippen LogP contribution in [0.2, 0.25) is 5.15 Å². The highest BCUT2D eigenvalue weighted by Crippen LogP contribution is 2.13. The SMILES string of the molecule is O=C(Nc1ccccn1)c1cccnc1Cl. The number of anilines is 1. The van der Waals surface area contributed by atoms with Crippen LogP contribution in [0.15, 0.2) is 42.7 Å². The van der Waals surface area contributed by atoms with Gasteiger partial charge in [-0.05, 0) is 24.3 Å². The van der Waals surface area contributed by atoms with Crippen LogP contribution in [0.4, 0.5) is 5.82 Å². The fourth-order valence-corrected chi connectivity index (χ4v) is 1.38. The quantitative estimate of drug-likeness (QED) is 0.811. The molecule has 0 spiro atoms. The largest absolute Gasteiger partial charge is 0.306 e. The predicted molar refractivity (Wildman–Crippen MR) is 61.4 cm³/mol. The van der Waals surface area contributed by atoms with Crippen molar-refractivity contribution < 1.29 is 4.79 Å². The second-order valence-electron chi connectivity index (χ2n) is 3.01. The number of hydrogen-bond donors (Lipinski definition) is 1. The molecule has 4 nitrogen and oxygen atoms in total. The van der Waals surface area contributed by atoms with Gasteiger partial charge in [-0.25, -0.2) is 9.97 Å². The Hall–Kier alpha value is -1.94. The molecule has 80 valence electrons. The van der Waals surface area contributed by atoms with Gasteiger partial charge in [0.25, 0.3) is 5.91 Å². The molecule has 0 atom stereocenters. The number of halogens is 1. The van der Waals surface area contributed by atoms with Gasteiger partial charge in [0, 0.05) is 12.4 Å². The van der Waals surface area contributed by atoms with E-state index in [-0.39, 0.29) is 11.1 Å². The summed E-state index contributed by atoms with van der Waals surface area (Å²) in [5, 5.41) is 2.80. The Morgan fingerprint density at radius 1 is 1.12 bits per heavy atom. The molecule has 1 N–H and O–H groups in total. The highest BCUT2D eigenvalue weighted by Gasteiger charge is 2.10. The van der Waals surface area contributed by atoms with Crippen molar-refractivity contribution >= 4 is 23.3 Å². The molecular weight excluding hydrogens is 226 g/mol. The number of hydrogen-bond acceptors (Lipinski definition) is 3. The maximum Gasteiger partial charge on any atom is 0.259 e. The average Bonchev–Trinajstić information content (AvgIpc) is 2.31. The van der Waals surface area contributed by atoms with Crippen LogP contribution in [0.5, 0.6) is 0 Å². The van der Waals surface area contributed by atoms with E-state index in [0.29, 0.717) is 11.4 Å². The van der Waals surface area contributed by atoms with Crippen molar-refractivity contribution in [2.24, 2.45) is 0 Å². The molecule has 0 saturated heterocycles. The Morgan fingerprint density at radius 3 is 2.62 bits per heavy atom. The molecule has 2 aromatic rings. The Balaban J connectivity index is 2.19. The summed E-state index contributed by atoms with van der Waals surface area (Å²) in [6, 6.07) is 8.51. The first-order chi connectivity index (χ1) is 7.77. The van der Waals surface area contributed by atoms with Crippen LogP contribution < -0.4 is 5.32 Å². The number of nitrogens with one attached hydrogen (secondary N) is 1. The topological polar surface area (TPSA) is 54.9 Å². The maximum atomic E-state index is 11.8. The third-order valence-electron chi connectivity index (χ3n) is 1.91. The fourth-order valence-electron chi connectivity index (χ4n) is 1.18. The summed E-state index contributed by atoms with van der Waals surface area (Å²) in [5.41, 5.74) is 0.329. The number of carbonyl (C=O) groups excluding carboxylic acids is 1. The zero-order chi connectivity index (χ0) is 11.4. The number of amides is 1. The van der Waals surface area contributed by atoms with Crippen molar-refractivity contribution in [3.63, 3.8) is 0 Å². The number of rotatable bonds is 2. The molecule has 0 fully saturated rings. The first kappa shape index (κ1) is 10.6. The van der Waals surface area contributed by atoms with Crippen molar-refractivity contribution in [1.29, 1.82) is 0 Å². The van der Waals surface area contributed by atoms with Crippen molar-refractivity contribution in [3.8, 4) is 0 Å².